The van der Waals surface area contributed by atoms with Crippen molar-refractivity contribution in [2.75, 3.05) is 5.73 Å². The lowest BCUT2D eigenvalue weighted by Gasteiger charge is -1.96. The van der Waals surface area contributed by atoms with Crippen molar-refractivity contribution in [1.29, 1.82) is 0 Å². The third-order valence-electron chi connectivity index (χ3n) is 1.08. The van der Waals surface area contributed by atoms with E-state index in [1.165, 1.54) is 0 Å². The minimum Gasteiger partial charge on any atom is -0.383 e. The van der Waals surface area contributed by atoms with Gasteiger partial charge in [0.15, 0.2) is 0 Å². The lowest BCUT2D eigenvalue weighted by Crippen LogP contribution is -2.03. The Bertz CT molecular complexity index is 181. The van der Waals surface area contributed by atoms with Crippen LogP contribution in [0.2, 0.25) is 0 Å². The number of anilines is 1. The van der Waals surface area contributed by atoms with Crippen LogP contribution in [-0.4, -0.2) is 15.0 Å². The fraction of sp³-hybridized carbons (Fsp3) is 0.600. The summed E-state index contributed by atoms with van der Waals surface area (Å²) in [4.78, 5) is 0. The molecule has 0 saturated carbocycles. The SMILES string of the molecule is CCCn1nncc1N. The molecule has 1 aromatic rings. The molecule has 9 heavy (non-hydrogen) atoms. The van der Waals surface area contributed by atoms with Gasteiger partial charge in [-0.15, -0.1) is 5.10 Å². The van der Waals surface area contributed by atoms with Gasteiger partial charge >= 0.3 is 0 Å². The molecule has 0 bridgehead atoms. The number of nitrogen functional groups attached to an aromatic ring is 1. The number of nitrogens with zero attached hydrogens (tertiary/aromatic N) is 3. The highest BCUT2D eigenvalue weighted by molar-refractivity contribution is 5.21. The molecular weight excluding hydrogens is 116 g/mol. The van der Waals surface area contributed by atoms with Crippen molar-refractivity contribution >= 4 is 5.82 Å². The Kier molecular flexibility index (Phi) is 1.67. The number of nitrogens with two attached hydrogens (primary N) is 1. The van der Waals surface area contributed by atoms with Crippen molar-refractivity contribution < 1.29 is 0 Å². The maximum atomic E-state index is 5.46. The van der Waals surface area contributed by atoms with Crippen molar-refractivity contribution in [3.63, 3.8) is 0 Å². The molecule has 1 heterocycles. The fourth-order valence-electron chi connectivity index (χ4n) is 0.651. The molecule has 0 unspecified atom stereocenters. The van der Waals surface area contributed by atoms with Crippen molar-refractivity contribution in [1.82, 2.24) is 15.0 Å². The Labute approximate surface area is 53.7 Å². The molecule has 0 saturated heterocycles. The monoisotopic (exact) mass is 126 g/mol. The fourth-order valence-corrected chi connectivity index (χ4v) is 0.651. The van der Waals surface area contributed by atoms with Gasteiger partial charge in [-0.25, -0.2) is 4.68 Å². The van der Waals surface area contributed by atoms with Crippen molar-refractivity contribution in [2.24, 2.45) is 0 Å². The van der Waals surface area contributed by atoms with Gasteiger partial charge < -0.3 is 5.73 Å². The summed E-state index contributed by atoms with van der Waals surface area (Å²) < 4.78 is 1.68. The molecule has 0 spiro atoms. The zero-order chi connectivity index (χ0) is 6.69. The summed E-state index contributed by atoms with van der Waals surface area (Å²) in [6.45, 7) is 2.92. The van der Waals surface area contributed by atoms with Gasteiger partial charge in [-0.2, -0.15) is 0 Å². The van der Waals surface area contributed by atoms with E-state index in [-0.39, 0.29) is 0 Å². The number of hydrogen-bond donors (Lipinski definition) is 1. The predicted molar refractivity (Wildman–Crippen MR) is 34.7 cm³/mol. The summed E-state index contributed by atoms with van der Waals surface area (Å²) in [5, 5.41) is 7.38. The van der Waals surface area contributed by atoms with Crippen LogP contribution >= 0.6 is 0 Å². The lowest BCUT2D eigenvalue weighted by atomic mass is 10.5. The molecule has 0 aliphatic heterocycles. The molecule has 0 amide bonds. The Balaban J connectivity index is 2.69. The van der Waals surface area contributed by atoms with E-state index >= 15 is 0 Å². The van der Waals surface area contributed by atoms with Gasteiger partial charge in [0, 0.05) is 6.54 Å². The van der Waals surface area contributed by atoms with E-state index in [1.807, 2.05) is 0 Å². The quantitative estimate of drug-likeness (QED) is 0.618. The highest BCUT2D eigenvalue weighted by Gasteiger charge is 1.93. The Morgan fingerprint density at radius 2 is 2.56 bits per heavy atom. The first-order valence-corrected chi connectivity index (χ1v) is 2.98. The zero-order valence-electron chi connectivity index (χ0n) is 5.41. The second-order valence-electron chi connectivity index (χ2n) is 1.88. The predicted octanol–water partition coefficient (Wildman–Crippen LogP) is 0.270. The summed E-state index contributed by atoms with van der Waals surface area (Å²) in [6, 6.07) is 0. The van der Waals surface area contributed by atoms with Gasteiger partial charge in [0.05, 0.1) is 6.20 Å². The topological polar surface area (TPSA) is 56.7 Å². The minimum absolute atomic E-state index is 0.636. The van der Waals surface area contributed by atoms with E-state index < -0.39 is 0 Å². The normalized spacial score (nSPS) is 9.89. The zero-order valence-corrected chi connectivity index (χ0v) is 5.41. The van der Waals surface area contributed by atoms with Crippen LogP contribution in [0.15, 0.2) is 6.20 Å². The largest absolute Gasteiger partial charge is 0.383 e. The number of hydrogen-bond acceptors (Lipinski definition) is 3. The molecule has 0 fully saturated rings. The number of aryl methyl sites for hydroxylation is 1. The van der Waals surface area contributed by atoms with Crippen LogP contribution in [0.1, 0.15) is 13.3 Å². The van der Waals surface area contributed by atoms with Gasteiger partial charge in [-0.3, -0.25) is 0 Å². The first-order valence-electron chi connectivity index (χ1n) is 2.98. The van der Waals surface area contributed by atoms with E-state index in [0.717, 1.165) is 13.0 Å². The number of aromatic nitrogens is 3. The highest BCUT2D eigenvalue weighted by atomic mass is 15.4. The van der Waals surface area contributed by atoms with E-state index in [1.54, 1.807) is 10.9 Å². The third-order valence-corrected chi connectivity index (χ3v) is 1.08. The Morgan fingerprint density at radius 3 is 3.00 bits per heavy atom. The van der Waals surface area contributed by atoms with E-state index in [4.69, 9.17) is 5.73 Å². The van der Waals surface area contributed by atoms with Crippen molar-refractivity contribution in [3.8, 4) is 0 Å². The highest BCUT2D eigenvalue weighted by Crippen LogP contribution is 1.96. The molecule has 0 aromatic carbocycles. The molecule has 4 nitrogen and oxygen atoms in total. The average Bonchev–Trinajstić information content (AvgIpc) is 2.18. The molecule has 0 radical (unpaired) electrons. The van der Waals surface area contributed by atoms with Crippen molar-refractivity contribution in [2.45, 2.75) is 19.9 Å². The first-order chi connectivity index (χ1) is 4.34. The van der Waals surface area contributed by atoms with Crippen LogP contribution in [0.25, 0.3) is 0 Å². The van der Waals surface area contributed by atoms with E-state index in [9.17, 15) is 0 Å². The summed E-state index contributed by atoms with van der Waals surface area (Å²) in [6.07, 6.45) is 2.59. The standard InChI is InChI=1S/C5H10N4/c1-2-3-9-5(6)4-7-8-9/h4H,2-3,6H2,1H3. The number of rotatable bonds is 2. The van der Waals surface area contributed by atoms with Gasteiger partial charge in [-0.1, -0.05) is 12.1 Å². The smallest absolute Gasteiger partial charge is 0.142 e. The van der Waals surface area contributed by atoms with E-state index in [0.29, 0.717) is 5.82 Å². The maximum absolute atomic E-state index is 5.46. The van der Waals surface area contributed by atoms with Crippen LogP contribution in [0, 0.1) is 0 Å². The van der Waals surface area contributed by atoms with Crippen molar-refractivity contribution in [3.05, 3.63) is 6.20 Å². The first kappa shape index (κ1) is 6.07. The maximum Gasteiger partial charge on any atom is 0.142 e. The molecule has 4 heteroatoms. The van der Waals surface area contributed by atoms with Gasteiger partial charge in [0.1, 0.15) is 5.82 Å². The summed E-state index contributed by atoms with van der Waals surface area (Å²) >= 11 is 0. The van der Waals surface area contributed by atoms with Crippen LogP contribution in [0.4, 0.5) is 5.82 Å². The summed E-state index contributed by atoms with van der Waals surface area (Å²) in [5.41, 5.74) is 5.46. The molecule has 0 aliphatic carbocycles. The molecular formula is C5H10N4. The molecule has 50 valence electrons. The third kappa shape index (κ3) is 1.19. The van der Waals surface area contributed by atoms with Gasteiger partial charge in [-0.05, 0) is 6.42 Å². The minimum atomic E-state index is 0.636. The molecule has 2 N–H and O–H groups in total. The molecule has 0 aliphatic rings. The average molecular weight is 126 g/mol. The Hall–Kier alpha value is -1.06. The second-order valence-corrected chi connectivity index (χ2v) is 1.88. The van der Waals surface area contributed by atoms with E-state index in [2.05, 4.69) is 17.2 Å². The van der Waals surface area contributed by atoms with Gasteiger partial charge in [0.2, 0.25) is 0 Å². The van der Waals surface area contributed by atoms with Crippen LogP contribution < -0.4 is 5.73 Å². The summed E-state index contributed by atoms with van der Waals surface area (Å²) in [5.74, 6) is 0.636. The second kappa shape index (κ2) is 2.48. The lowest BCUT2D eigenvalue weighted by molar-refractivity contribution is 0.586. The van der Waals surface area contributed by atoms with Crippen LogP contribution in [0.5, 0.6) is 0 Å². The Morgan fingerprint density at radius 1 is 1.78 bits per heavy atom. The molecule has 1 rings (SSSR count). The molecule has 0 atom stereocenters. The van der Waals surface area contributed by atoms with Crippen LogP contribution in [-0.2, 0) is 6.54 Å². The van der Waals surface area contributed by atoms with Gasteiger partial charge in [0.25, 0.3) is 0 Å². The van der Waals surface area contributed by atoms with Crippen LogP contribution in [0.3, 0.4) is 0 Å². The molecule has 1 aromatic heterocycles. The summed E-state index contributed by atoms with van der Waals surface area (Å²) in [7, 11) is 0.